The van der Waals surface area contributed by atoms with Crippen molar-refractivity contribution in [1.29, 1.82) is 0 Å². The van der Waals surface area contributed by atoms with Crippen molar-refractivity contribution < 1.29 is 4.39 Å². The van der Waals surface area contributed by atoms with Crippen molar-refractivity contribution in [3.63, 3.8) is 0 Å². The van der Waals surface area contributed by atoms with Crippen LogP contribution in [0.5, 0.6) is 0 Å². The Morgan fingerprint density at radius 2 is 2.22 bits per heavy atom. The zero-order chi connectivity index (χ0) is 13.1. The Morgan fingerprint density at radius 3 is 2.78 bits per heavy atom. The van der Waals surface area contributed by atoms with Crippen LogP contribution in [0.4, 0.5) is 10.1 Å². The van der Waals surface area contributed by atoms with Crippen molar-refractivity contribution >= 4 is 44.6 Å². The second-order valence-corrected chi connectivity index (χ2v) is 5.96. The highest BCUT2D eigenvalue weighted by atomic mass is 79.9. The van der Waals surface area contributed by atoms with E-state index < -0.39 is 0 Å². The van der Waals surface area contributed by atoms with E-state index in [9.17, 15) is 4.39 Å². The Kier molecular flexibility index (Phi) is 4.61. The Balaban J connectivity index is 2.17. The van der Waals surface area contributed by atoms with E-state index in [1.165, 1.54) is 6.07 Å². The molecule has 1 heterocycles. The van der Waals surface area contributed by atoms with Gasteiger partial charge in [-0.15, -0.1) is 11.3 Å². The number of anilines is 1. The van der Waals surface area contributed by atoms with Crippen molar-refractivity contribution in [2.75, 3.05) is 11.9 Å². The Morgan fingerprint density at radius 1 is 1.44 bits per heavy atom. The van der Waals surface area contributed by atoms with E-state index in [1.807, 2.05) is 11.4 Å². The molecule has 0 aliphatic carbocycles. The lowest BCUT2D eigenvalue weighted by Gasteiger charge is -2.17. The molecule has 96 valence electrons. The van der Waals surface area contributed by atoms with Crippen LogP contribution in [0.25, 0.3) is 0 Å². The average molecular weight is 350 g/mol. The molecule has 6 heteroatoms. The minimum atomic E-state index is -0.288. The lowest BCUT2D eigenvalue weighted by atomic mass is 10.2. The maximum atomic E-state index is 13.1. The lowest BCUT2D eigenvalue weighted by molar-refractivity contribution is 0.621. The van der Waals surface area contributed by atoms with E-state index in [1.54, 1.807) is 23.5 Å². The summed E-state index contributed by atoms with van der Waals surface area (Å²) in [5, 5.41) is 5.82. The van der Waals surface area contributed by atoms with E-state index in [-0.39, 0.29) is 11.9 Å². The zero-order valence-corrected chi connectivity index (χ0v) is 12.4. The summed E-state index contributed by atoms with van der Waals surface area (Å²) < 4.78 is 13.6. The monoisotopic (exact) mass is 348 g/mol. The normalized spacial score (nSPS) is 12.4. The van der Waals surface area contributed by atoms with Crippen molar-refractivity contribution in [2.45, 2.75) is 6.04 Å². The molecule has 2 nitrogen and oxygen atoms in total. The van der Waals surface area contributed by atoms with E-state index in [2.05, 4.69) is 21.2 Å². The van der Waals surface area contributed by atoms with Gasteiger partial charge in [-0.3, -0.25) is 0 Å². The number of hydrogen-bond acceptors (Lipinski definition) is 3. The van der Waals surface area contributed by atoms with Gasteiger partial charge in [0.25, 0.3) is 0 Å². The third-order valence-electron chi connectivity index (χ3n) is 2.43. The van der Waals surface area contributed by atoms with Crippen LogP contribution < -0.4 is 11.1 Å². The van der Waals surface area contributed by atoms with Crippen LogP contribution in [0.3, 0.4) is 0 Å². The third-order valence-corrected chi connectivity index (χ3v) is 4.43. The van der Waals surface area contributed by atoms with E-state index >= 15 is 0 Å². The maximum absolute atomic E-state index is 13.1. The first kappa shape index (κ1) is 13.8. The number of nitrogens with one attached hydrogen (secondary N) is 1. The molecule has 18 heavy (non-hydrogen) atoms. The highest BCUT2D eigenvalue weighted by Crippen LogP contribution is 2.28. The molecule has 1 aromatic carbocycles. The largest absolute Gasteiger partial charge is 0.376 e. The Hall–Kier alpha value is -0.620. The first-order valence-corrected chi connectivity index (χ1v) is 7.31. The number of nitrogens with two attached hydrogens (primary N) is 1. The summed E-state index contributed by atoms with van der Waals surface area (Å²) >= 11 is 10.6. The van der Waals surface area contributed by atoms with Crippen LogP contribution >= 0.6 is 38.9 Å². The molecule has 2 rings (SSSR count). The molecule has 0 bridgehead atoms. The SMILES string of the molecule is NCC(Nc1ccc(F)c(Br)c1)c1cc(Cl)cs1. The summed E-state index contributed by atoms with van der Waals surface area (Å²) in [6.07, 6.45) is 0. The van der Waals surface area contributed by atoms with Crippen molar-refractivity contribution in [3.05, 3.63) is 49.8 Å². The summed E-state index contributed by atoms with van der Waals surface area (Å²) in [5.74, 6) is -0.288. The van der Waals surface area contributed by atoms with Gasteiger partial charge in [-0.25, -0.2) is 4.39 Å². The number of halogens is 3. The second kappa shape index (κ2) is 6.02. The minimum Gasteiger partial charge on any atom is -0.376 e. The standard InChI is InChI=1S/C12H11BrClFN2S/c13-9-4-8(1-2-10(9)15)17-11(5-16)12-3-7(14)6-18-12/h1-4,6,11,17H,5,16H2. The Bertz CT molecular complexity index is 547. The van der Waals surface area contributed by atoms with Crippen LogP contribution in [0.15, 0.2) is 34.1 Å². The van der Waals surface area contributed by atoms with Crippen LogP contribution in [-0.4, -0.2) is 6.54 Å². The summed E-state index contributed by atoms with van der Waals surface area (Å²) in [6, 6.07) is 6.63. The number of thiophene rings is 1. The molecule has 1 aromatic heterocycles. The molecule has 0 saturated carbocycles. The zero-order valence-electron chi connectivity index (χ0n) is 9.29. The van der Waals surface area contributed by atoms with Gasteiger partial charge in [0.1, 0.15) is 5.82 Å². The molecule has 1 unspecified atom stereocenters. The van der Waals surface area contributed by atoms with Crippen LogP contribution in [-0.2, 0) is 0 Å². The van der Waals surface area contributed by atoms with E-state index in [0.29, 0.717) is 16.0 Å². The molecule has 3 N–H and O–H groups in total. The summed E-state index contributed by atoms with van der Waals surface area (Å²) in [4.78, 5) is 1.06. The van der Waals surface area contributed by atoms with E-state index in [4.69, 9.17) is 17.3 Å². The Labute approximate surface area is 122 Å². The number of benzene rings is 1. The van der Waals surface area contributed by atoms with Crippen LogP contribution in [0, 0.1) is 5.82 Å². The smallest absolute Gasteiger partial charge is 0.137 e. The van der Waals surface area contributed by atoms with E-state index in [0.717, 1.165) is 10.6 Å². The van der Waals surface area contributed by atoms with Gasteiger partial charge in [0, 0.05) is 22.5 Å². The number of rotatable bonds is 4. The minimum absolute atomic E-state index is 0.0279. The predicted molar refractivity (Wildman–Crippen MR) is 78.8 cm³/mol. The van der Waals surface area contributed by atoms with Crippen molar-refractivity contribution in [1.82, 2.24) is 0 Å². The van der Waals surface area contributed by atoms with Gasteiger partial charge < -0.3 is 11.1 Å². The summed E-state index contributed by atoms with van der Waals surface area (Å²) in [5.41, 5.74) is 6.55. The molecular formula is C12H11BrClFN2S. The molecule has 0 spiro atoms. The quantitative estimate of drug-likeness (QED) is 0.858. The second-order valence-electron chi connectivity index (χ2n) is 3.73. The molecular weight excluding hydrogens is 339 g/mol. The van der Waals surface area contributed by atoms with Crippen LogP contribution in [0.1, 0.15) is 10.9 Å². The molecule has 0 saturated heterocycles. The third kappa shape index (κ3) is 3.23. The van der Waals surface area contributed by atoms with Gasteiger partial charge in [0.15, 0.2) is 0 Å². The van der Waals surface area contributed by atoms with Crippen LogP contribution in [0.2, 0.25) is 5.02 Å². The lowest BCUT2D eigenvalue weighted by Crippen LogP contribution is -2.19. The molecule has 0 amide bonds. The van der Waals surface area contributed by atoms with Gasteiger partial charge in [-0.2, -0.15) is 0 Å². The fraction of sp³-hybridized carbons (Fsp3) is 0.167. The van der Waals surface area contributed by atoms with Gasteiger partial charge >= 0.3 is 0 Å². The highest BCUT2D eigenvalue weighted by molar-refractivity contribution is 9.10. The summed E-state index contributed by atoms with van der Waals surface area (Å²) in [6.45, 7) is 0.436. The fourth-order valence-electron chi connectivity index (χ4n) is 1.54. The molecule has 2 aromatic rings. The van der Waals surface area contributed by atoms with Gasteiger partial charge in [-0.1, -0.05) is 11.6 Å². The first-order valence-electron chi connectivity index (χ1n) is 5.25. The fourth-order valence-corrected chi connectivity index (χ4v) is 3.07. The van der Waals surface area contributed by atoms with Gasteiger partial charge in [-0.05, 0) is 40.2 Å². The topological polar surface area (TPSA) is 38.0 Å². The molecule has 0 aliphatic rings. The average Bonchev–Trinajstić information content (AvgIpc) is 2.77. The summed E-state index contributed by atoms with van der Waals surface area (Å²) in [7, 11) is 0. The number of hydrogen-bond donors (Lipinski definition) is 2. The predicted octanol–water partition coefficient (Wildman–Crippen LogP) is 4.42. The molecule has 0 fully saturated rings. The van der Waals surface area contributed by atoms with Gasteiger partial charge in [0.05, 0.1) is 15.5 Å². The molecule has 0 aliphatic heterocycles. The first-order chi connectivity index (χ1) is 8.60. The maximum Gasteiger partial charge on any atom is 0.137 e. The van der Waals surface area contributed by atoms with Gasteiger partial charge in [0.2, 0.25) is 0 Å². The van der Waals surface area contributed by atoms with Crippen molar-refractivity contribution in [2.24, 2.45) is 5.73 Å². The molecule has 1 atom stereocenters. The highest BCUT2D eigenvalue weighted by Gasteiger charge is 2.12. The molecule has 0 radical (unpaired) electrons. The van der Waals surface area contributed by atoms with Crippen molar-refractivity contribution in [3.8, 4) is 0 Å².